The molecule has 3 rings (SSSR count). The van der Waals surface area contributed by atoms with E-state index in [9.17, 15) is 14.7 Å². The minimum absolute atomic E-state index is 0.0162. The highest BCUT2D eigenvalue weighted by atomic mass is 79.9. The van der Waals surface area contributed by atoms with Crippen LogP contribution in [0.3, 0.4) is 0 Å². The fraction of sp³-hybridized carbons (Fsp3) is 0.579. The van der Waals surface area contributed by atoms with Crippen molar-refractivity contribution in [1.82, 2.24) is 4.90 Å². The molecule has 0 aromatic rings. The van der Waals surface area contributed by atoms with Crippen LogP contribution in [0.2, 0.25) is 0 Å². The number of aliphatic hydroxyl groups excluding tert-OH is 1. The van der Waals surface area contributed by atoms with E-state index < -0.39 is 4.51 Å². The predicted molar refractivity (Wildman–Crippen MR) is 114 cm³/mol. The van der Waals surface area contributed by atoms with E-state index in [4.69, 9.17) is 4.74 Å². The molecule has 0 bridgehead atoms. The fourth-order valence-electron chi connectivity index (χ4n) is 3.82. The topological polar surface area (TPSA) is 66.8 Å². The van der Waals surface area contributed by atoms with Gasteiger partial charge in [0.1, 0.15) is 5.76 Å². The predicted octanol–water partition coefficient (Wildman–Crippen LogP) is 5.77. The smallest absolute Gasteiger partial charge is 0.293 e. The van der Waals surface area contributed by atoms with Gasteiger partial charge in [0.25, 0.3) is 11.1 Å². The Balaban J connectivity index is 1.79. The summed E-state index contributed by atoms with van der Waals surface area (Å²) in [6.07, 6.45) is 9.45. The van der Waals surface area contributed by atoms with Crippen molar-refractivity contribution in [2.75, 3.05) is 13.7 Å². The Bertz CT molecular complexity index is 755. The van der Waals surface area contributed by atoms with Gasteiger partial charge in [-0.25, -0.2) is 0 Å². The molecule has 1 saturated heterocycles. The van der Waals surface area contributed by atoms with Gasteiger partial charge in [0.2, 0.25) is 0 Å². The van der Waals surface area contributed by atoms with E-state index in [-0.39, 0.29) is 22.3 Å². The number of rotatable bonds is 4. The number of ether oxygens (including phenoxy) is 1. The summed E-state index contributed by atoms with van der Waals surface area (Å²) < 4.78 is 4.81. The van der Waals surface area contributed by atoms with Crippen LogP contribution in [-0.2, 0) is 9.53 Å². The van der Waals surface area contributed by atoms with Crippen LogP contribution < -0.4 is 0 Å². The lowest BCUT2D eigenvalue weighted by Crippen LogP contribution is -2.39. The van der Waals surface area contributed by atoms with Gasteiger partial charge in [-0.3, -0.25) is 14.5 Å². The molecule has 148 valence electrons. The summed E-state index contributed by atoms with van der Waals surface area (Å²) in [5.74, 6) is -0.189. The number of alkyl halides is 1. The molecule has 1 N–H and O–H groups in total. The van der Waals surface area contributed by atoms with Gasteiger partial charge in [-0.15, -0.1) is 0 Å². The Morgan fingerprint density at radius 1 is 1.33 bits per heavy atom. The minimum Gasteiger partial charge on any atom is -0.507 e. The highest BCUT2D eigenvalue weighted by molar-refractivity contribution is 9.12. The SMILES string of the molecule is COC1(Br)CC(/C=C2\SC(=O)N(CC3(C)CCCCC3)C2=O)=CC(Br)=C1O. The van der Waals surface area contributed by atoms with Gasteiger partial charge in [0, 0.05) is 20.1 Å². The number of hydrogen-bond donors (Lipinski definition) is 1. The standard InChI is InChI=1S/C19H23Br2NO4S/c1-18(6-4-3-5-7-18)11-22-16(24)14(27-17(22)25)9-12-8-13(20)15(23)19(21,10-12)26-2/h8-9,23H,3-7,10-11H2,1-2H3/b14-9-. The van der Waals surface area contributed by atoms with Crippen molar-refractivity contribution >= 4 is 54.8 Å². The third kappa shape index (κ3) is 4.38. The number of halogens is 2. The van der Waals surface area contributed by atoms with Crippen LogP contribution in [0.4, 0.5) is 4.79 Å². The molecule has 1 heterocycles. The van der Waals surface area contributed by atoms with Crippen LogP contribution in [-0.4, -0.2) is 39.3 Å². The van der Waals surface area contributed by atoms with Crippen LogP contribution in [0.25, 0.3) is 0 Å². The second kappa shape index (κ2) is 8.05. The average Bonchev–Trinajstić information content (AvgIpc) is 2.87. The third-order valence-corrected chi connectivity index (χ3v) is 7.93. The Labute approximate surface area is 180 Å². The van der Waals surface area contributed by atoms with E-state index in [1.807, 2.05) is 0 Å². The lowest BCUT2D eigenvalue weighted by atomic mass is 9.75. The Morgan fingerprint density at radius 2 is 2.00 bits per heavy atom. The number of carbonyl (C=O) groups excluding carboxylic acids is 2. The number of hydrogen-bond acceptors (Lipinski definition) is 5. The zero-order valence-corrected chi connectivity index (χ0v) is 19.4. The zero-order chi connectivity index (χ0) is 19.8. The van der Waals surface area contributed by atoms with Gasteiger partial charge in [-0.05, 0) is 79.6 Å². The lowest BCUT2D eigenvalue weighted by molar-refractivity contribution is -0.124. The van der Waals surface area contributed by atoms with Crippen molar-refractivity contribution in [2.24, 2.45) is 5.41 Å². The van der Waals surface area contributed by atoms with Crippen LogP contribution in [0.1, 0.15) is 45.4 Å². The number of thioether (sulfide) groups is 1. The van der Waals surface area contributed by atoms with Gasteiger partial charge in [-0.1, -0.05) is 26.2 Å². The van der Waals surface area contributed by atoms with Gasteiger partial charge in [0.15, 0.2) is 4.51 Å². The van der Waals surface area contributed by atoms with Crippen LogP contribution >= 0.6 is 43.6 Å². The van der Waals surface area contributed by atoms with E-state index in [1.54, 1.807) is 12.2 Å². The van der Waals surface area contributed by atoms with Crippen LogP contribution in [0, 0.1) is 5.41 Å². The van der Waals surface area contributed by atoms with E-state index >= 15 is 0 Å². The van der Waals surface area contributed by atoms with Gasteiger partial charge >= 0.3 is 0 Å². The first kappa shape index (κ1) is 21.1. The normalized spacial score (nSPS) is 30.3. The number of aliphatic hydroxyl groups is 1. The molecule has 8 heteroatoms. The zero-order valence-electron chi connectivity index (χ0n) is 15.4. The highest BCUT2D eigenvalue weighted by Gasteiger charge is 2.41. The van der Waals surface area contributed by atoms with Gasteiger partial charge in [-0.2, -0.15) is 0 Å². The monoisotopic (exact) mass is 519 g/mol. The maximum atomic E-state index is 12.9. The molecule has 1 unspecified atom stereocenters. The highest BCUT2D eigenvalue weighted by Crippen LogP contribution is 2.44. The molecule has 1 saturated carbocycles. The summed E-state index contributed by atoms with van der Waals surface area (Å²) in [7, 11) is 1.49. The summed E-state index contributed by atoms with van der Waals surface area (Å²) in [5, 5.41) is 9.98. The molecule has 27 heavy (non-hydrogen) atoms. The first-order chi connectivity index (χ1) is 12.7. The van der Waals surface area contributed by atoms with Crippen molar-refractivity contribution in [3.63, 3.8) is 0 Å². The Hall–Kier alpha value is -0.570. The van der Waals surface area contributed by atoms with Crippen molar-refractivity contribution in [3.8, 4) is 0 Å². The van der Waals surface area contributed by atoms with Crippen LogP contribution in [0.15, 0.2) is 32.9 Å². The molecular formula is C19H23Br2NO4S. The average molecular weight is 521 g/mol. The summed E-state index contributed by atoms with van der Waals surface area (Å²) in [6.45, 7) is 2.66. The molecule has 0 aromatic carbocycles. The first-order valence-corrected chi connectivity index (χ1v) is 11.4. The van der Waals surface area contributed by atoms with Crippen LogP contribution in [0.5, 0.6) is 0 Å². The summed E-state index contributed by atoms with van der Waals surface area (Å²) >= 11 is 7.70. The largest absolute Gasteiger partial charge is 0.507 e. The number of nitrogens with zero attached hydrogens (tertiary/aromatic N) is 1. The van der Waals surface area contributed by atoms with Crippen molar-refractivity contribution in [2.45, 2.75) is 50.0 Å². The number of allylic oxidation sites excluding steroid dienone is 3. The van der Waals surface area contributed by atoms with Crippen molar-refractivity contribution in [1.29, 1.82) is 0 Å². The molecule has 2 fully saturated rings. The van der Waals surface area contributed by atoms with Gasteiger partial charge < -0.3 is 9.84 Å². The number of amides is 2. The molecule has 0 spiro atoms. The fourth-order valence-corrected chi connectivity index (χ4v) is 6.09. The third-order valence-electron chi connectivity index (χ3n) is 5.44. The van der Waals surface area contributed by atoms with E-state index in [0.29, 0.717) is 22.4 Å². The quantitative estimate of drug-likeness (QED) is 0.376. The first-order valence-electron chi connectivity index (χ1n) is 8.97. The molecule has 0 aromatic heterocycles. The molecule has 0 radical (unpaired) electrons. The Morgan fingerprint density at radius 3 is 2.63 bits per heavy atom. The summed E-state index contributed by atoms with van der Waals surface area (Å²) in [5.41, 5.74) is 0.801. The van der Waals surface area contributed by atoms with Crippen molar-refractivity contribution in [3.05, 3.63) is 32.9 Å². The second-order valence-electron chi connectivity index (χ2n) is 7.66. The van der Waals surface area contributed by atoms with E-state index in [1.165, 1.54) is 18.4 Å². The number of imide groups is 1. The Kier molecular flexibility index (Phi) is 6.30. The maximum Gasteiger partial charge on any atom is 0.293 e. The van der Waals surface area contributed by atoms with E-state index in [0.717, 1.165) is 43.0 Å². The van der Waals surface area contributed by atoms with Gasteiger partial charge in [0.05, 0.1) is 9.39 Å². The number of carbonyl (C=O) groups is 2. The molecule has 1 atom stereocenters. The summed E-state index contributed by atoms with van der Waals surface area (Å²) in [6, 6.07) is 0. The number of methoxy groups -OCH3 is 1. The molecule has 2 aliphatic carbocycles. The maximum absolute atomic E-state index is 12.9. The molecule has 3 aliphatic rings. The molecular weight excluding hydrogens is 498 g/mol. The second-order valence-corrected chi connectivity index (χ2v) is 10.8. The summed E-state index contributed by atoms with van der Waals surface area (Å²) in [4.78, 5) is 27.1. The molecule has 2 amide bonds. The lowest BCUT2D eigenvalue weighted by Gasteiger charge is -2.35. The minimum atomic E-state index is -1.04. The van der Waals surface area contributed by atoms with Crippen molar-refractivity contribution < 1.29 is 19.4 Å². The molecule has 1 aliphatic heterocycles. The van der Waals surface area contributed by atoms with E-state index in [2.05, 4.69) is 38.8 Å². The molecule has 5 nitrogen and oxygen atoms in total.